The Morgan fingerprint density at radius 1 is 1.47 bits per heavy atom. The molecule has 6 nitrogen and oxygen atoms in total. The fourth-order valence-electron chi connectivity index (χ4n) is 1.10. The molecule has 0 saturated carbocycles. The molecule has 0 bridgehead atoms. The third-order valence-corrected chi connectivity index (χ3v) is 3.92. The molecular weight excluding hydrogens is 240 g/mol. The van der Waals surface area contributed by atoms with Gasteiger partial charge in [0.2, 0.25) is 10.0 Å². The Bertz CT molecular complexity index is 444. The standard InChI is InChI=1S/C10H18N4O2S/c1-3-8(2)6-13-17(15,16)9-4-5-10(14-11)12-7-9/h4-5,7-8,13H,3,6,11H2,1-2H3,(H,12,14). The van der Waals surface area contributed by atoms with Crippen LogP contribution >= 0.6 is 0 Å². The van der Waals surface area contributed by atoms with Crippen molar-refractivity contribution in [2.45, 2.75) is 25.2 Å². The molecule has 0 aliphatic carbocycles. The Morgan fingerprint density at radius 3 is 2.65 bits per heavy atom. The van der Waals surface area contributed by atoms with Gasteiger partial charge in [0, 0.05) is 12.7 Å². The summed E-state index contributed by atoms with van der Waals surface area (Å²) in [5, 5.41) is 0. The molecule has 1 aromatic heterocycles. The summed E-state index contributed by atoms with van der Waals surface area (Å²) in [6.45, 7) is 4.43. The maximum atomic E-state index is 11.8. The molecule has 96 valence electrons. The minimum atomic E-state index is -3.47. The summed E-state index contributed by atoms with van der Waals surface area (Å²) in [4.78, 5) is 3.99. The number of nitrogens with one attached hydrogen (secondary N) is 2. The van der Waals surface area contributed by atoms with Gasteiger partial charge in [0.05, 0.1) is 0 Å². The van der Waals surface area contributed by atoms with Gasteiger partial charge >= 0.3 is 0 Å². The van der Waals surface area contributed by atoms with E-state index < -0.39 is 10.0 Å². The molecule has 1 heterocycles. The molecule has 0 aliphatic heterocycles. The lowest BCUT2D eigenvalue weighted by atomic mass is 10.1. The molecule has 1 aromatic rings. The van der Waals surface area contributed by atoms with E-state index in [1.807, 2.05) is 13.8 Å². The van der Waals surface area contributed by atoms with Crippen molar-refractivity contribution in [3.05, 3.63) is 18.3 Å². The molecule has 1 unspecified atom stereocenters. The molecule has 0 saturated heterocycles. The second-order valence-corrected chi connectivity index (χ2v) is 5.66. The number of nitrogens with zero attached hydrogens (tertiary/aromatic N) is 1. The van der Waals surface area contributed by atoms with Crippen molar-refractivity contribution in [1.29, 1.82) is 0 Å². The van der Waals surface area contributed by atoms with Crippen molar-refractivity contribution in [1.82, 2.24) is 9.71 Å². The normalized spacial score (nSPS) is 13.4. The van der Waals surface area contributed by atoms with Crippen LogP contribution in [0.15, 0.2) is 23.2 Å². The molecular formula is C10H18N4O2S. The lowest BCUT2D eigenvalue weighted by Gasteiger charge is -2.10. The third kappa shape index (κ3) is 3.95. The van der Waals surface area contributed by atoms with Crippen molar-refractivity contribution in [3.63, 3.8) is 0 Å². The molecule has 17 heavy (non-hydrogen) atoms. The zero-order valence-electron chi connectivity index (χ0n) is 9.97. The summed E-state index contributed by atoms with van der Waals surface area (Å²) in [7, 11) is -3.47. The highest BCUT2D eigenvalue weighted by molar-refractivity contribution is 7.89. The van der Waals surface area contributed by atoms with Crippen LogP contribution in [-0.2, 0) is 10.0 Å². The van der Waals surface area contributed by atoms with E-state index in [4.69, 9.17) is 5.84 Å². The first-order valence-electron chi connectivity index (χ1n) is 5.42. The van der Waals surface area contributed by atoms with Crippen LogP contribution in [0.4, 0.5) is 5.82 Å². The number of pyridine rings is 1. The number of hydrogen-bond donors (Lipinski definition) is 3. The molecule has 0 aliphatic rings. The quantitative estimate of drug-likeness (QED) is 0.515. The number of hydrogen-bond acceptors (Lipinski definition) is 5. The van der Waals surface area contributed by atoms with Crippen LogP contribution in [0.5, 0.6) is 0 Å². The molecule has 0 radical (unpaired) electrons. The van der Waals surface area contributed by atoms with Gasteiger partial charge in [-0.25, -0.2) is 24.0 Å². The zero-order valence-corrected chi connectivity index (χ0v) is 10.8. The molecule has 7 heteroatoms. The van der Waals surface area contributed by atoms with E-state index in [1.54, 1.807) is 0 Å². The average molecular weight is 258 g/mol. The molecule has 0 amide bonds. The maximum Gasteiger partial charge on any atom is 0.242 e. The number of nitrogens with two attached hydrogens (primary N) is 1. The fraction of sp³-hybridized carbons (Fsp3) is 0.500. The van der Waals surface area contributed by atoms with E-state index in [1.165, 1.54) is 18.3 Å². The van der Waals surface area contributed by atoms with Crippen molar-refractivity contribution in [2.75, 3.05) is 12.0 Å². The summed E-state index contributed by atoms with van der Waals surface area (Å²) in [6.07, 6.45) is 2.20. The predicted octanol–water partition coefficient (Wildman–Crippen LogP) is 0.692. The predicted molar refractivity (Wildman–Crippen MR) is 66.7 cm³/mol. The second kappa shape index (κ2) is 5.95. The summed E-state index contributed by atoms with van der Waals surface area (Å²) in [5.41, 5.74) is 2.34. The first-order chi connectivity index (χ1) is 7.99. The Kier molecular flexibility index (Phi) is 4.86. The Morgan fingerprint density at radius 2 is 2.18 bits per heavy atom. The van der Waals surface area contributed by atoms with E-state index in [0.717, 1.165) is 6.42 Å². The van der Waals surface area contributed by atoms with Gasteiger partial charge in [-0.2, -0.15) is 0 Å². The number of rotatable bonds is 6. The van der Waals surface area contributed by atoms with Crippen LogP contribution in [-0.4, -0.2) is 19.9 Å². The summed E-state index contributed by atoms with van der Waals surface area (Å²) in [6, 6.07) is 2.97. The van der Waals surface area contributed by atoms with Crippen molar-refractivity contribution in [3.8, 4) is 0 Å². The Balaban J connectivity index is 2.75. The SMILES string of the molecule is CCC(C)CNS(=O)(=O)c1ccc(NN)nc1. The number of nitrogen functional groups attached to an aromatic ring is 1. The molecule has 0 spiro atoms. The van der Waals surface area contributed by atoms with Crippen LogP contribution in [0.1, 0.15) is 20.3 Å². The van der Waals surface area contributed by atoms with E-state index >= 15 is 0 Å². The van der Waals surface area contributed by atoms with E-state index in [2.05, 4.69) is 15.1 Å². The molecule has 4 N–H and O–H groups in total. The molecule has 1 atom stereocenters. The van der Waals surface area contributed by atoms with Crippen LogP contribution < -0.4 is 16.0 Å². The average Bonchev–Trinajstić information content (AvgIpc) is 2.36. The topological polar surface area (TPSA) is 97.1 Å². The summed E-state index contributed by atoms with van der Waals surface area (Å²) in [5.74, 6) is 5.88. The lowest BCUT2D eigenvalue weighted by molar-refractivity contribution is 0.528. The van der Waals surface area contributed by atoms with Gasteiger partial charge in [-0.05, 0) is 18.1 Å². The van der Waals surface area contributed by atoms with Gasteiger partial charge in [0.15, 0.2) is 0 Å². The minimum Gasteiger partial charge on any atom is -0.308 e. The smallest absolute Gasteiger partial charge is 0.242 e. The largest absolute Gasteiger partial charge is 0.308 e. The van der Waals surface area contributed by atoms with Crippen LogP contribution in [0.25, 0.3) is 0 Å². The molecule has 0 fully saturated rings. The first kappa shape index (κ1) is 13.9. The van der Waals surface area contributed by atoms with Gasteiger partial charge in [0.25, 0.3) is 0 Å². The highest BCUT2D eigenvalue weighted by atomic mass is 32.2. The molecule has 0 aromatic carbocycles. The van der Waals surface area contributed by atoms with E-state index in [0.29, 0.717) is 18.3 Å². The highest BCUT2D eigenvalue weighted by Gasteiger charge is 2.14. The third-order valence-electron chi connectivity index (χ3n) is 2.51. The number of sulfonamides is 1. The van der Waals surface area contributed by atoms with Crippen LogP contribution in [0, 0.1) is 5.92 Å². The minimum absolute atomic E-state index is 0.139. The monoisotopic (exact) mass is 258 g/mol. The van der Waals surface area contributed by atoms with Gasteiger partial charge in [-0.3, -0.25) is 0 Å². The van der Waals surface area contributed by atoms with Crippen LogP contribution in [0.3, 0.4) is 0 Å². The summed E-state index contributed by atoms with van der Waals surface area (Å²) >= 11 is 0. The highest BCUT2D eigenvalue weighted by Crippen LogP contribution is 2.10. The fourth-order valence-corrected chi connectivity index (χ4v) is 2.21. The number of hydrazine groups is 1. The second-order valence-electron chi connectivity index (χ2n) is 3.89. The van der Waals surface area contributed by atoms with Crippen molar-refractivity contribution in [2.24, 2.45) is 11.8 Å². The van der Waals surface area contributed by atoms with Crippen molar-refractivity contribution >= 4 is 15.8 Å². The van der Waals surface area contributed by atoms with E-state index in [-0.39, 0.29) is 4.90 Å². The maximum absolute atomic E-state index is 11.8. The first-order valence-corrected chi connectivity index (χ1v) is 6.90. The lowest BCUT2D eigenvalue weighted by Crippen LogP contribution is -2.28. The van der Waals surface area contributed by atoms with Gasteiger partial charge < -0.3 is 5.43 Å². The number of aromatic nitrogens is 1. The zero-order chi connectivity index (χ0) is 12.9. The van der Waals surface area contributed by atoms with Crippen LogP contribution in [0.2, 0.25) is 0 Å². The Hall–Kier alpha value is -1.18. The van der Waals surface area contributed by atoms with Crippen molar-refractivity contribution < 1.29 is 8.42 Å². The van der Waals surface area contributed by atoms with Gasteiger partial charge in [-0.1, -0.05) is 20.3 Å². The van der Waals surface area contributed by atoms with Gasteiger partial charge in [-0.15, -0.1) is 0 Å². The number of anilines is 1. The molecule has 1 rings (SSSR count). The summed E-state index contributed by atoms with van der Waals surface area (Å²) < 4.78 is 26.2. The van der Waals surface area contributed by atoms with E-state index in [9.17, 15) is 8.42 Å². The Labute approximate surface area is 102 Å². The van der Waals surface area contributed by atoms with Gasteiger partial charge in [0.1, 0.15) is 10.7 Å².